The van der Waals surface area contributed by atoms with E-state index in [9.17, 15) is 13.2 Å². The van der Waals surface area contributed by atoms with Crippen molar-refractivity contribution < 1.29 is 13.2 Å². The molecule has 0 fully saturated rings. The quantitative estimate of drug-likeness (QED) is 0.750. The van der Waals surface area contributed by atoms with Crippen molar-refractivity contribution in [2.75, 3.05) is 6.26 Å². The molecule has 0 unspecified atom stereocenters. The minimum atomic E-state index is -4.38. The summed E-state index contributed by atoms with van der Waals surface area (Å²) in [7, 11) is 0. The number of alkyl halides is 3. The Kier molecular flexibility index (Phi) is 4.64. The van der Waals surface area contributed by atoms with Crippen LogP contribution in [0.3, 0.4) is 0 Å². The summed E-state index contributed by atoms with van der Waals surface area (Å²) in [5.41, 5.74) is 0.147. The molecule has 0 N–H and O–H groups in total. The summed E-state index contributed by atoms with van der Waals surface area (Å²) in [5, 5.41) is 13.8. The molecule has 0 amide bonds. The van der Waals surface area contributed by atoms with Crippen molar-refractivity contribution in [1.29, 1.82) is 5.26 Å². The molecule has 0 aliphatic heterocycles. The first-order valence-electron chi connectivity index (χ1n) is 5.73. The molecule has 0 atom stereocenters. The Morgan fingerprint density at radius 3 is 2.67 bits per heavy atom. The third-order valence-electron chi connectivity index (χ3n) is 2.75. The zero-order chi connectivity index (χ0) is 15.6. The zero-order valence-corrected chi connectivity index (χ0v) is 13.2. The fourth-order valence-corrected chi connectivity index (χ4v) is 2.92. The lowest BCUT2D eigenvalue weighted by molar-refractivity contribution is -0.137. The average Bonchev–Trinajstić information content (AvgIpc) is 2.74. The molecule has 1 heterocycles. The second kappa shape index (κ2) is 6.12. The van der Waals surface area contributed by atoms with Crippen molar-refractivity contribution in [1.82, 2.24) is 9.78 Å². The van der Waals surface area contributed by atoms with Gasteiger partial charge in [0.15, 0.2) is 0 Å². The maximum absolute atomic E-state index is 12.7. The van der Waals surface area contributed by atoms with Crippen LogP contribution in [0.25, 0.3) is 0 Å². The Hall–Kier alpha value is -1.46. The molecule has 0 saturated carbocycles. The first-order chi connectivity index (χ1) is 9.86. The highest BCUT2D eigenvalue weighted by Crippen LogP contribution is 2.30. The van der Waals surface area contributed by atoms with E-state index < -0.39 is 11.7 Å². The van der Waals surface area contributed by atoms with Crippen molar-refractivity contribution in [3.05, 3.63) is 45.6 Å². The average molecular weight is 376 g/mol. The van der Waals surface area contributed by atoms with Gasteiger partial charge in [-0.25, -0.2) is 0 Å². The van der Waals surface area contributed by atoms with Gasteiger partial charge in [-0.1, -0.05) is 12.1 Å². The van der Waals surface area contributed by atoms with E-state index in [-0.39, 0.29) is 6.54 Å². The highest BCUT2D eigenvalue weighted by Gasteiger charge is 2.30. The number of hydrogen-bond donors (Lipinski definition) is 0. The van der Waals surface area contributed by atoms with E-state index in [2.05, 4.69) is 21.0 Å². The second-order valence-electron chi connectivity index (χ2n) is 4.14. The largest absolute Gasteiger partial charge is 0.416 e. The zero-order valence-electron chi connectivity index (χ0n) is 10.8. The summed E-state index contributed by atoms with van der Waals surface area (Å²) in [6.07, 6.45) is -2.59. The lowest BCUT2D eigenvalue weighted by Gasteiger charge is -2.09. The van der Waals surface area contributed by atoms with Gasteiger partial charge in [-0.15, -0.1) is 11.8 Å². The van der Waals surface area contributed by atoms with Crippen LogP contribution in [0.4, 0.5) is 13.2 Å². The van der Waals surface area contributed by atoms with Gasteiger partial charge in [-0.05, 0) is 39.9 Å². The summed E-state index contributed by atoms with van der Waals surface area (Å²) in [6, 6.07) is 7.08. The highest BCUT2D eigenvalue weighted by molar-refractivity contribution is 9.10. The Labute approximate surface area is 131 Å². The number of rotatable bonds is 3. The van der Waals surface area contributed by atoms with Gasteiger partial charge in [0.05, 0.1) is 12.1 Å². The normalized spacial score (nSPS) is 11.4. The SMILES string of the molecule is CSc1nn(Cc2cccc(C(F)(F)F)c2)c(Br)c1C#N. The number of halogens is 4. The van der Waals surface area contributed by atoms with Crippen LogP contribution in [0.1, 0.15) is 16.7 Å². The van der Waals surface area contributed by atoms with Crippen molar-refractivity contribution in [3.63, 3.8) is 0 Å². The predicted molar refractivity (Wildman–Crippen MR) is 77.0 cm³/mol. The number of thioether (sulfide) groups is 1. The summed E-state index contributed by atoms with van der Waals surface area (Å²) < 4.78 is 40.0. The number of nitrogens with zero attached hydrogens (tertiary/aromatic N) is 3. The maximum atomic E-state index is 12.7. The van der Waals surface area contributed by atoms with E-state index in [0.717, 1.165) is 12.1 Å². The Morgan fingerprint density at radius 1 is 1.43 bits per heavy atom. The topological polar surface area (TPSA) is 41.6 Å². The van der Waals surface area contributed by atoms with E-state index in [0.29, 0.717) is 20.8 Å². The minimum absolute atomic E-state index is 0.153. The molecule has 0 saturated heterocycles. The van der Waals surface area contributed by atoms with Crippen LogP contribution < -0.4 is 0 Å². The Morgan fingerprint density at radius 2 is 2.14 bits per heavy atom. The van der Waals surface area contributed by atoms with Crippen LogP contribution in [0, 0.1) is 11.3 Å². The van der Waals surface area contributed by atoms with Gasteiger partial charge in [0, 0.05) is 0 Å². The van der Waals surface area contributed by atoms with Crippen molar-refractivity contribution >= 4 is 27.7 Å². The first-order valence-corrected chi connectivity index (χ1v) is 7.75. The van der Waals surface area contributed by atoms with Crippen molar-refractivity contribution in [2.24, 2.45) is 0 Å². The summed E-state index contributed by atoms with van der Waals surface area (Å²) in [5.74, 6) is 0. The van der Waals surface area contributed by atoms with Crippen LogP contribution >= 0.6 is 27.7 Å². The van der Waals surface area contributed by atoms with Gasteiger partial charge in [0.2, 0.25) is 0 Å². The number of aromatic nitrogens is 2. The molecular formula is C13H9BrF3N3S. The van der Waals surface area contributed by atoms with E-state index in [1.807, 2.05) is 6.07 Å². The van der Waals surface area contributed by atoms with E-state index in [1.54, 1.807) is 12.3 Å². The van der Waals surface area contributed by atoms with Crippen LogP contribution in [-0.2, 0) is 12.7 Å². The van der Waals surface area contributed by atoms with E-state index in [4.69, 9.17) is 5.26 Å². The molecule has 0 spiro atoms. The van der Waals surface area contributed by atoms with Gasteiger partial charge >= 0.3 is 6.18 Å². The van der Waals surface area contributed by atoms with Crippen LogP contribution in [-0.4, -0.2) is 16.0 Å². The summed E-state index contributed by atoms with van der Waals surface area (Å²) in [6.45, 7) is 0.153. The molecule has 1 aromatic heterocycles. The number of nitriles is 1. The monoisotopic (exact) mass is 375 g/mol. The molecule has 2 aromatic rings. The lowest BCUT2D eigenvalue weighted by Crippen LogP contribution is -2.07. The molecule has 1 aromatic carbocycles. The van der Waals surface area contributed by atoms with Gasteiger partial charge in [0.25, 0.3) is 0 Å². The molecule has 110 valence electrons. The van der Waals surface area contributed by atoms with Crippen LogP contribution in [0.15, 0.2) is 33.9 Å². The molecule has 21 heavy (non-hydrogen) atoms. The summed E-state index contributed by atoms with van der Waals surface area (Å²) in [4.78, 5) is 0. The van der Waals surface area contributed by atoms with Crippen LogP contribution in [0.2, 0.25) is 0 Å². The molecule has 0 radical (unpaired) electrons. The highest BCUT2D eigenvalue weighted by atomic mass is 79.9. The summed E-state index contributed by atoms with van der Waals surface area (Å²) >= 11 is 4.57. The fraction of sp³-hybridized carbons (Fsp3) is 0.231. The molecule has 0 aliphatic carbocycles. The molecule has 0 bridgehead atoms. The Balaban J connectivity index is 2.35. The number of benzene rings is 1. The predicted octanol–water partition coefficient (Wildman–Crippen LogP) is 4.31. The smallest absolute Gasteiger partial charge is 0.252 e. The first kappa shape index (κ1) is 15.9. The van der Waals surface area contributed by atoms with Gasteiger partial charge in [0.1, 0.15) is 21.3 Å². The molecular weight excluding hydrogens is 367 g/mol. The van der Waals surface area contributed by atoms with Gasteiger partial charge in [-0.2, -0.15) is 23.5 Å². The second-order valence-corrected chi connectivity index (χ2v) is 5.69. The molecule has 0 aliphatic rings. The molecule has 3 nitrogen and oxygen atoms in total. The Bertz CT molecular complexity index is 704. The third-order valence-corrected chi connectivity index (χ3v) is 4.23. The maximum Gasteiger partial charge on any atom is 0.416 e. The van der Waals surface area contributed by atoms with Crippen LogP contribution in [0.5, 0.6) is 0 Å². The van der Waals surface area contributed by atoms with Crippen molar-refractivity contribution in [2.45, 2.75) is 17.7 Å². The number of hydrogen-bond acceptors (Lipinski definition) is 3. The molecule has 2 rings (SSSR count). The molecule has 8 heteroatoms. The van der Waals surface area contributed by atoms with Gasteiger partial charge < -0.3 is 0 Å². The lowest BCUT2D eigenvalue weighted by atomic mass is 10.1. The fourth-order valence-electron chi connectivity index (χ4n) is 1.78. The minimum Gasteiger partial charge on any atom is -0.252 e. The van der Waals surface area contributed by atoms with Crippen molar-refractivity contribution in [3.8, 4) is 6.07 Å². The third kappa shape index (κ3) is 3.41. The van der Waals surface area contributed by atoms with E-state index >= 15 is 0 Å². The van der Waals surface area contributed by atoms with Gasteiger partial charge in [-0.3, -0.25) is 4.68 Å². The van der Waals surface area contributed by atoms with E-state index in [1.165, 1.54) is 22.5 Å². The standard InChI is InChI=1S/C13H9BrF3N3S/c1-21-12-10(6-18)11(14)20(19-12)7-8-3-2-4-9(5-8)13(15,16)17/h2-5H,7H2,1H3.